The van der Waals surface area contributed by atoms with E-state index in [0.29, 0.717) is 11.5 Å². The zero-order valence-electron chi connectivity index (χ0n) is 31.4. The Morgan fingerprint density at radius 3 is 1.62 bits per heavy atom. The summed E-state index contributed by atoms with van der Waals surface area (Å²) >= 11 is 0. The molecule has 2 unspecified atom stereocenters. The minimum absolute atomic E-state index is 0.0442. The molecule has 0 spiro atoms. The molecule has 3 aromatic rings. The number of methoxy groups -OCH3 is 2. The number of hydrogen-bond donors (Lipinski definition) is 0. The quantitative estimate of drug-likeness (QED) is 0.125. The number of carbonyl (C=O) groups excluding carboxylic acids is 4. The molecule has 0 fully saturated rings. The molecular formula is C42H48O10. The first-order valence-electron chi connectivity index (χ1n) is 18.1. The molecule has 6 rings (SSSR count). The average molecular weight is 713 g/mol. The van der Waals surface area contributed by atoms with E-state index >= 15 is 0 Å². The SMILES string of the molecule is CCOC(=O)C1(C(=O)OCC)Cc2cc3c(cc2C(C)(c2ccc(OC)cc2)C1)-c1ccc(OC)c2c1C3(C)CC(C(=O)OCC)(C(=O)OCC)C2. The van der Waals surface area contributed by atoms with Crippen LogP contribution in [-0.2, 0) is 61.8 Å². The van der Waals surface area contributed by atoms with E-state index in [0.717, 1.165) is 44.5 Å². The highest BCUT2D eigenvalue weighted by Gasteiger charge is 2.62. The van der Waals surface area contributed by atoms with E-state index in [2.05, 4.69) is 12.1 Å². The summed E-state index contributed by atoms with van der Waals surface area (Å²) in [7, 11) is 3.18. The van der Waals surface area contributed by atoms with Crippen LogP contribution in [0.3, 0.4) is 0 Å². The molecule has 0 saturated carbocycles. The molecule has 0 aliphatic heterocycles. The van der Waals surface area contributed by atoms with Crippen LogP contribution in [0, 0.1) is 10.8 Å². The van der Waals surface area contributed by atoms with E-state index in [9.17, 15) is 19.2 Å². The van der Waals surface area contributed by atoms with Gasteiger partial charge >= 0.3 is 23.9 Å². The second-order valence-electron chi connectivity index (χ2n) is 14.4. The van der Waals surface area contributed by atoms with Crippen LogP contribution in [0.15, 0.2) is 48.5 Å². The largest absolute Gasteiger partial charge is 0.497 e. The molecule has 52 heavy (non-hydrogen) atoms. The van der Waals surface area contributed by atoms with Gasteiger partial charge in [-0.1, -0.05) is 38.1 Å². The predicted octanol–water partition coefficient (Wildman–Crippen LogP) is 6.41. The monoisotopic (exact) mass is 712 g/mol. The van der Waals surface area contributed by atoms with Crippen molar-refractivity contribution in [1.29, 1.82) is 0 Å². The highest BCUT2D eigenvalue weighted by Crippen LogP contribution is 2.63. The van der Waals surface area contributed by atoms with Gasteiger partial charge in [0, 0.05) is 22.8 Å². The topological polar surface area (TPSA) is 124 Å². The van der Waals surface area contributed by atoms with Gasteiger partial charge in [0.2, 0.25) is 0 Å². The Labute approximate surface area is 305 Å². The molecule has 10 heteroatoms. The van der Waals surface area contributed by atoms with Gasteiger partial charge in [0.05, 0.1) is 40.6 Å². The Kier molecular flexibility index (Phi) is 9.66. The van der Waals surface area contributed by atoms with Gasteiger partial charge in [-0.3, -0.25) is 19.2 Å². The van der Waals surface area contributed by atoms with Crippen LogP contribution in [0.25, 0.3) is 11.1 Å². The standard InChI is InChI=1S/C42H48O10/c1-9-49-35(43)41(36(44)50-10-2)21-25-19-32-29(20-31(25)39(5,23-41)26-13-15-27(47-7)16-14-26)28-17-18-33(48-8)30-22-42(37(45)51-11-3,38(46)52-12-4)24-40(32,6)34(28)30/h13-20H,9-12,21-24H2,1-8H3. The van der Waals surface area contributed by atoms with Crippen LogP contribution in [0.4, 0.5) is 0 Å². The molecule has 276 valence electrons. The minimum Gasteiger partial charge on any atom is -0.497 e. The number of carbonyl (C=O) groups is 4. The van der Waals surface area contributed by atoms with Crippen LogP contribution < -0.4 is 9.47 Å². The summed E-state index contributed by atoms with van der Waals surface area (Å²) in [5.41, 5.74) is 2.09. The molecular weight excluding hydrogens is 664 g/mol. The van der Waals surface area contributed by atoms with Crippen molar-refractivity contribution in [3.8, 4) is 22.6 Å². The van der Waals surface area contributed by atoms with Crippen molar-refractivity contribution in [3.63, 3.8) is 0 Å². The smallest absolute Gasteiger partial charge is 0.323 e. The Morgan fingerprint density at radius 2 is 1.12 bits per heavy atom. The lowest BCUT2D eigenvalue weighted by Crippen LogP contribution is -2.52. The van der Waals surface area contributed by atoms with Crippen LogP contribution in [-0.4, -0.2) is 64.5 Å². The molecule has 0 bridgehead atoms. The third-order valence-electron chi connectivity index (χ3n) is 11.4. The predicted molar refractivity (Wildman–Crippen MR) is 192 cm³/mol. The number of fused-ring (bicyclic) bond motifs is 4. The highest BCUT2D eigenvalue weighted by atomic mass is 16.6. The van der Waals surface area contributed by atoms with Crippen LogP contribution in [0.1, 0.15) is 87.8 Å². The van der Waals surface area contributed by atoms with Crippen molar-refractivity contribution in [3.05, 3.63) is 81.9 Å². The van der Waals surface area contributed by atoms with Crippen LogP contribution in [0.2, 0.25) is 0 Å². The lowest BCUT2D eigenvalue weighted by Gasteiger charge is -2.46. The van der Waals surface area contributed by atoms with Crippen molar-refractivity contribution in [2.24, 2.45) is 10.8 Å². The van der Waals surface area contributed by atoms with Crippen molar-refractivity contribution in [2.45, 2.75) is 78.1 Å². The van der Waals surface area contributed by atoms with E-state index in [-0.39, 0.29) is 52.1 Å². The summed E-state index contributed by atoms with van der Waals surface area (Å²) in [5, 5.41) is 0. The fourth-order valence-electron chi connectivity index (χ4n) is 9.24. The number of ether oxygens (including phenoxy) is 6. The Balaban J connectivity index is 1.66. The first-order valence-corrected chi connectivity index (χ1v) is 18.1. The highest BCUT2D eigenvalue weighted by molar-refractivity contribution is 6.03. The third-order valence-corrected chi connectivity index (χ3v) is 11.4. The second kappa shape index (κ2) is 13.6. The third kappa shape index (κ3) is 5.36. The van der Waals surface area contributed by atoms with Gasteiger partial charge in [0.25, 0.3) is 0 Å². The molecule has 3 aliphatic carbocycles. The molecule has 3 aliphatic rings. The number of benzene rings is 3. The van der Waals surface area contributed by atoms with Gasteiger partial charge in [-0.15, -0.1) is 0 Å². The number of rotatable bonds is 11. The fourth-order valence-corrected chi connectivity index (χ4v) is 9.24. The molecule has 0 radical (unpaired) electrons. The molecule has 0 N–H and O–H groups in total. The Morgan fingerprint density at radius 1 is 0.596 bits per heavy atom. The van der Waals surface area contributed by atoms with Gasteiger partial charge in [-0.05, 0) is 110 Å². The number of hydrogen-bond acceptors (Lipinski definition) is 10. The molecule has 3 aromatic carbocycles. The summed E-state index contributed by atoms with van der Waals surface area (Å²) in [6, 6.07) is 15.8. The fraction of sp³-hybridized carbons (Fsp3) is 0.476. The minimum atomic E-state index is -1.64. The molecule has 2 atom stereocenters. The molecule has 10 nitrogen and oxygen atoms in total. The average Bonchev–Trinajstić information content (AvgIpc) is 3.38. The number of esters is 4. The molecule has 0 saturated heterocycles. The molecule has 0 heterocycles. The lowest BCUT2D eigenvalue weighted by molar-refractivity contribution is -0.176. The van der Waals surface area contributed by atoms with E-state index in [4.69, 9.17) is 28.4 Å². The van der Waals surface area contributed by atoms with Gasteiger partial charge in [-0.25, -0.2) is 0 Å². The van der Waals surface area contributed by atoms with E-state index in [1.165, 1.54) is 0 Å². The zero-order chi connectivity index (χ0) is 37.6. The molecule has 0 amide bonds. The van der Waals surface area contributed by atoms with Crippen molar-refractivity contribution < 1.29 is 47.6 Å². The maximum absolute atomic E-state index is 14.1. The first-order chi connectivity index (χ1) is 24.8. The lowest BCUT2D eigenvalue weighted by atomic mass is 9.56. The van der Waals surface area contributed by atoms with E-state index < -0.39 is 45.5 Å². The van der Waals surface area contributed by atoms with Crippen LogP contribution in [0.5, 0.6) is 11.5 Å². The van der Waals surface area contributed by atoms with Crippen molar-refractivity contribution in [1.82, 2.24) is 0 Å². The van der Waals surface area contributed by atoms with Crippen molar-refractivity contribution >= 4 is 23.9 Å². The summed E-state index contributed by atoms with van der Waals surface area (Å²) in [6.45, 7) is 11.3. The normalized spacial score (nSPS) is 21.5. The molecule has 0 aromatic heterocycles. The second-order valence-corrected chi connectivity index (χ2v) is 14.4. The maximum Gasteiger partial charge on any atom is 0.323 e. The Hall–Kier alpha value is -4.86. The zero-order valence-corrected chi connectivity index (χ0v) is 31.4. The van der Waals surface area contributed by atoms with Gasteiger partial charge in [0.15, 0.2) is 10.8 Å². The van der Waals surface area contributed by atoms with Gasteiger partial charge in [-0.2, -0.15) is 0 Å². The summed E-state index contributed by atoms with van der Waals surface area (Å²) < 4.78 is 33.8. The maximum atomic E-state index is 14.1. The van der Waals surface area contributed by atoms with E-state index in [1.807, 2.05) is 50.2 Å². The summed E-state index contributed by atoms with van der Waals surface area (Å²) in [6.07, 6.45) is 0.303. The van der Waals surface area contributed by atoms with Gasteiger partial charge < -0.3 is 28.4 Å². The van der Waals surface area contributed by atoms with E-state index in [1.54, 1.807) is 41.9 Å². The van der Waals surface area contributed by atoms with Gasteiger partial charge in [0.1, 0.15) is 11.5 Å². The summed E-state index contributed by atoms with van der Waals surface area (Å²) in [5.74, 6) is -1.32. The first kappa shape index (κ1) is 36.9. The van der Waals surface area contributed by atoms with Crippen LogP contribution >= 0.6 is 0 Å². The summed E-state index contributed by atoms with van der Waals surface area (Å²) in [4.78, 5) is 56.1. The Bertz CT molecular complexity index is 1890. The van der Waals surface area contributed by atoms with Crippen molar-refractivity contribution in [2.75, 3.05) is 40.6 Å².